The Balaban J connectivity index is 0.00000338. The molecule has 26 heavy (non-hydrogen) atoms. The zero-order valence-electron chi connectivity index (χ0n) is 15.2. The van der Waals surface area contributed by atoms with E-state index >= 15 is 0 Å². The van der Waals surface area contributed by atoms with Crippen LogP contribution in [0, 0.1) is 5.41 Å². The number of carbonyl (C=O) groups excluding carboxylic acids is 1. The molecular weight excluding hydrogens is 378 g/mol. The molecule has 2 rings (SSSR count). The summed E-state index contributed by atoms with van der Waals surface area (Å²) in [4.78, 5) is 12.4. The summed E-state index contributed by atoms with van der Waals surface area (Å²) in [6.07, 6.45) is 2.05. The molecule has 3 N–H and O–H groups in total. The summed E-state index contributed by atoms with van der Waals surface area (Å²) in [7, 11) is -2.08. The lowest BCUT2D eigenvalue weighted by atomic mass is 9.81. The van der Waals surface area contributed by atoms with E-state index in [1.807, 2.05) is 0 Å². The number of benzene rings is 1. The van der Waals surface area contributed by atoms with Gasteiger partial charge in [-0.15, -0.1) is 12.4 Å². The second-order valence-corrected chi connectivity index (χ2v) is 8.43. The van der Waals surface area contributed by atoms with Crippen molar-refractivity contribution in [3.63, 3.8) is 0 Å². The van der Waals surface area contributed by atoms with Gasteiger partial charge in [0.05, 0.1) is 11.5 Å². The molecule has 1 heterocycles. The summed E-state index contributed by atoms with van der Waals surface area (Å²) in [6.45, 7) is 5.23. The first kappa shape index (κ1) is 22.9. The van der Waals surface area contributed by atoms with Crippen LogP contribution in [0.5, 0.6) is 0 Å². The number of hydrogen-bond donors (Lipinski definition) is 3. The van der Waals surface area contributed by atoms with Crippen LogP contribution in [-0.4, -0.2) is 54.2 Å². The van der Waals surface area contributed by atoms with Gasteiger partial charge in [-0.25, -0.2) is 13.1 Å². The van der Waals surface area contributed by atoms with E-state index < -0.39 is 10.0 Å². The highest BCUT2D eigenvalue weighted by Gasteiger charge is 2.27. The number of piperidine rings is 1. The molecule has 1 saturated heterocycles. The lowest BCUT2D eigenvalue weighted by molar-refractivity contribution is 0.0922. The third-order valence-corrected chi connectivity index (χ3v) is 5.99. The third kappa shape index (κ3) is 6.51. The Morgan fingerprint density at radius 3 is 2.42 bits per heavy atom. The van der Waals surface area contributed by atoms with Crippen LogP contribution in [0.2, 0.25) is 0 Å². The summed E-state index contributed by atoms with van der Waals surface area (Å²) in [5.74, 6) is -0.184. The molecular formula is C17H28ClN3O4S. The predicted molar refractivity (Wildman–Crippen MR) is 103 cm³/mol. The summed E-state index contributed by atoms with van der Waals surface area (Å²) in [5.41, 5.74) is 0.559. The van der Waals surface area contributed by atoms with Crippen LogP contribution >= 0.6 is 12.4 Å². The summed E-state index contributed by atoms with van der Waals surface area (Å²) in [6, 6.07) is 5.95. The zero-order chi connectivity index (χ0) is 18.3. The molecule has 0 radical (unpaired) electrons. The van der Waals surface area contributed by atoms with Crippen molar-refractivity contribution in [2.75, 3.05) is 39.9 Å². The van der Waals surface area contributed by atoms with E-state index in [-0.39, 0.29) is 35.2 Å². The minimum Gasteiger partial charge on any atom is -0.383 e. The molecule has 9 heteroatoms. The Morgan fingerprint density at radius 2 is 1.85 bits per heavy atom. The van der Waals surface area contributed by atoms with Gasteiger partial charge in [0, 0.05) is 25.8 Å². The van der Waals surface area contributed by atoms with E-state index in [1.54, 1.807) is 0 Å². The normalized spacial score (nSPS) is 16.5. The smallest absolute Gasteiger partial charge is 0.251 e. The first-order valence-electron chi connectivity index (χ1n) is 8.44. The molecule has 1 fully saturated rings. The van der Waals surface area contributed by atoms with Gasteiger partial charge in [0.2, 0.25) is 10.0 Å². The third-order valence-electron chi connectivity index (χ3n) is 4.51. The number of ether oxygens (including phenoxy) is 1. The topological polar surface area (TPSA) is 96.5 Å². The van der Waals surface area contributed by atoms with Gasteiger partial charge in [-0.1, -0.05) is 6.92 Å². The van der Waals surface area contributed by atoms with Gasteiger partial charge in [0.1, 0.15) is 0 Å². The molecule has 0 atom stereocenters. The number of hydrogen-bond acceptors (Lipinski definition) is 5. The average molecular weight is 406 g/mol. The van der Waals surface area contributed by atoms with E-state index in [9.17, 15) is 13.2 Å². The van der Waals surface area contributed by atoms with Crippen molar-refractivity contribution in [1.82, 2.24) is 15.4 Å². The molecule has 1 aromatic rings. The van der Waals surface area contributed by atoms with Crippen molar-refractivity contribution >= 4 is 28.3 Å². The quantitative estimate of drug-likeness (QED) is 0.564. The van der Waals surface area contributed by atoms with Crippen LogP contribution in [0.3, 0.4) is 0 Å². The summed E-state index contributed by atoms with van der Waals surface area (Å²) >= 11 is 0. The minimum atomic E-state index is -3.58. The molecule has 0 aliphatic carbocycles. The summed E-state index contributed by atoms with van der Waals surface area (Å²) < 4.78 is 31.4. The first-order valence-corrected chi connectivity index (χ1v) is 9.92. The highest BCUT2D eigenvalue weighted by atomic mass is 35.5. The lowest BCUT2D eigenvalue weighted by Gasteiger charge is -2.34. The molecule has 1 aliphatic rings. The molecule has 148 valence electrons. The number of rotatable bonds is 8. The van der Waals surface area contributed by atoms with Gasteiger partial charge >= 0.3 is 0 Å². The number of halogens is 1. The number of nitrogens with one attached hydrogen (secondary N) is 3. The molecule has 0 saturated carbocycles. The highest BCUT2D eigenvalue weighted by Crippen LogP contribution is 2.26. The predicted octanol–water partition coefficient (Wildman–Crippen LogP) is 1.15. The molecule has 7 nitrogen and oxygen atoms in total. The van der Waals surface area contributed by atoms with Crippen LogP contribution in [0.1, 0.15) is 30.1 Å². The van der Waals surface area contributed by atoms with E-state index in [0.717, 1.165) is 25.9 Å². The van der Waals surface area contributed by atoms with Gasteiger partial charge in [0.25, 0.3) is 5.91 Å². The van der Waals surface area contributed by atoms with Gasteiger partial charge in [-0.3, -0.25) is 4.79 Å². The molecule has 1 aliphatic heterocycles. The lowest BCUT2D eigenvalue weighted by Crippen LogP contribution is -2.42. The molecule has 0 aromatic heterocycles. The fraction of sp³-hybridized carbons (Fsp3) is 0.588. The minimum absolute atomic E-state index is 0. The van der Waals surface area contributed by atoms with Crippen LogP contribution in [-0.2, 0) is 14.8 Å². The fourth-order valence-electron chi connectivity index (χ4n) is 2.75. The maximum Gasteiger partial charge on any atom is 0.251 e. The number of amides is 1. The molecule has 0 bridgehead atoms. The second kappa shape index (κ2) is 10.2. The Labute approximate surface area is 161 Å². The van der Waals surface area contributed by atoms with Crippen LogP contribution in [0.15, 0.2) is 29.2 Å². The first-order chi connectivity index (χ1) is 11.9. The van der Waals surface area contributed by atoms with Gasteiger partial charge < -0.3 is 15.4 Å². The molecule has 1 aromatic carbocycles. The Bertz CT molecular complexity index is 674. The SMILES string of the molecule is COCCNS(=O)(=O)c1ccc(C(=O)NCC2(C)CCNCC2)cc1.Cl. The van der Waals surface area contributed by atoms with E-state index in [0.29, 0.717) is 18.7 Å². The molecule has 0 unspecified atom stereocenters. The standard InChI is InChI=1S/C17H27N3O4S.ClH/c1-17(7-9-18-10-8-17)13-19-16(21)14-3-5-15(6-4-14)25(22,23)20-11-12-24-2;/h3-6,18,20H,7-13H2,1-2H3,(H,19,21);1H. The zero-order valence-corrected chi connectivity index (χ0v) is 16.8. The monoisotopic (exact) mass is 405 g/mol. The second-order valence-electron chi connectivity index (χ2n) is 6.66. The van der Waals surface area contributed by atoms with Crippen molar-refractivity contribution < 1.29 is 17.9 Å². The van der Waals surface area contributed by atoms with Gasteiger partial charge in [-0.2, -0.15) is 0 Å². The maximum atomic E-state index is 12.3. The van der Waals surface area contributed by atoms with Crippen LogP contribution in [0.25, 0.3) is 0 Å². The Kier molecular flexibility index (Phi) is 8.99. The van der Waals surface area contributed by atoms with E-state index in [1.165, 1.54) is 31.4 Å². The maximum absolute atomic E-state index is 12.3. The highest BCUT2D eigenvalue weighted by molar-refractivity contribution is 7.89. The van der Waals surface area contributed by atoms with Gasteiger partial charge in [0.15, 0.2) is 0 Å². The van der Waals surface area contributed by atoms with Crippen LogP contribution in [0.4, 0.5) is 0 Å². The number of carbonyl (C=O) groups is 1. The van der Waals surface area contributed by atoms with Crippen molar-refractivity contribution in [2.24, 2.45) is 5.41 Å². The molecule has 0 spiro atoms. The average Bonchev–Trinajstić information content (AvgIpc) is 2.61. The Hall–Kier alpha value is -1.19. The largest absolute Gasteiger partial charge is 0.383 e. The van der Waals surface area contributed by atoms with Crippen molar-refractivity contribution in [1.29, 1.82) is 0 Å². The van der Waals surface area contributed by atoms with Crippen molar-refractivity contribution in [3.05, 3.63) is 29.8 Å². The fourth-order valence-corrected chi connectivity index (χ4v) is 3.76. The van der Waals surface area contributed by atoms with Crippen molar-refractivity contribution in [3.8, 4) is 0 Å². The van der Waals surface area contributed by atoms with Gasteiger partial charge in [-0.05, 0) is 55.6 Å². The number of methoxy groups -OCH3 is 1. The van der Waals surface area contributed by atoms with Crippen LogP contribution < -0.4 is 15.4 Å². The van der Waals surface area contributed by atoms with E-state index in [4.69, 9.17) is 4.74 Å². The summed E-state index contributed by atoms with van der Waals surface area (Å²) in [5, 5.41) is 6.28. The van der Waals surface area contributed by atoms with E-state index in [2.05, 4.69) is 22.3 Å². The molecule has 1 amide bonds. The van der Waals surface area contributed by atoms with Crippen molar-refractivity contribution in [2.45, 2.75) is 24.7 Å². The Morgan fingerprint density at radius 1 is 1.23 bits per heavy atom. The number of sulfonamides is 1.